The molecule has 1 N–H and O–H groups in total. The van der Waals surface area contributed by atoms with Gasteiger partial charge in [-0.1, -0.05) is 18.9 Å². The average Bonchev–Trinajstić information content (AvgIpc) is 3.53. The van der Waals surface area contributed by atoms with Crippen molar-refractivity contribution >= 4 is 17.3 Å². The van der Waals surface area contributed by atoms with Crippen LogP contribution in [0.15, 0.2) is 53.3 Å². The SMILES string of the molecule is Cc1cc([C@@H]2[C@@H](c3ccccn3)NC(=S)N2Cc2ccco2)c(C)n1C1CCCC1. The molecule has 4 heterocycles. The fraction of sp³-hybridized carbons (Fsp3) is 0.417. The number of aryl methyl sites for hydroxylation is 1. The summed E-state index contributed by atoms with van der Waals surface area (Å²) in [5.74, 6) is 0.912. The second-order valence-electron chi connectivity index (χ2n) is 8.47. The van der Waals surface area contributed by atoms with Gasteiger partial charge in [0.2, 0.25) is 0 Å². The maximum absolute atomic E-state index is 5.80. The molecule has 0 amide bonds. The summed E-state index contributed by atoms with van der Waals surface area (Å²) in [7, 11) is 0. The Kier molecular flexibility index (Phi) is 5.11. The van der Waals surface area contributed by atoms with E-state index in [2.05, 4.69) is 45.7 Å². The first-order valence-corrected chi connectivity index (χ1v) is 11.2. The van der Waals surface area contributed by atoms with E-state index < -0.39 is 0 Å². The Balaban J connectivity index is 1.58. The molecule has 1 aliphatic carbocycles. The molecule has 1 saturated carbocycles. The second-order valence-corrected chi connectivity index (χ2v) is 8.86. The van der Waals surface area contributed by atoms with Crippen molar-refractivity contribution in [3.05, 3.63) is 77.3 Å². The molecular weight excluding hydrogens is 392 g/mol. The number of nitrogens with one attached hydrogen (secondary N) is 1. The van der Waals surface area contributed by atoms with Crippen LogP contribution in [0, 0.1) is 13.8 Å². The summed E-state index contributed by atoms with van der Waals surface area (Å²) in [4.78, 5) is 6.92. The summed E-state index contributed by atoms with van der Waals surface area (Å²) < 4.78 is 8.22. The zero-order chi connectivity index (χ0) is 20.7. The van der Waals surface area contributed by atoms with Crippen LogP contribution in [0.2, 0.25) is 0 Å². The third-order valence-electron chi connectivity index (χ3n) is 6.64. The summed E-state index contributed by atoms with van der Waals surface area (Å²) in [5.41, 5.74) is 5.03. The van der Waals surface area contributed by atoms with Gasteiger partial charge < -0.3 is 19.2 Å². The molecule has 5 nitrogen and oxygen atoms in total. The van der Waals surface area contributed by atoms with Gasteiger partial charge in [0.05, 0.1) is 30.6 Å². The molecule has 5 rings (SSSR count). The number of pyridine rings is 1. The summed E-state index contributed by atoms with van der Waals surface area (Å²) in [6, 6.07) is 13.1. The number of rotatable bonds is 5. The maximum atomic E-state index is 5.80. The Labute approximate surface area is 183 Å². The molecule has 0 bridgehead atoms. The Morgan fingerprint density at radius 3 is 2.70 bits per heavy atom. The van der Waals surface area contributed by atoms with Gasteiger partial charge in [0, 0.05) is 23.6 Å². The lowest BCUT2D eigenvalue weighted by Crippen LogP contribution is -2.29. The zero-order valence-electron chi connectivity index (χ0n) is 17.5. The second kappa shape index (κ2) is 7.91. The van der Waals surface area contributed by atoms with E-state index in [1.807, 2.05) is 30.5 Å². The molecule has 2 aliphatic rings. The fourth-order valence-corrected chi connectivity index (χ4v) is 5.62. The number of hydrogen-bond acceptors (Lipinski definition) is 3. The Hall–Kier alpha value is -2.60. The summed E-state index contributed by atoms with van der Waals surface area (Å²) >= 11 is 5.80. The fourth-order valence-electron chi connectivity index (χ4n) is 5.31. The van der Waals surface area contributed by atoms with Crippen molar-refractivity contribution in [3.63, 3.8) is 0 Å². The van der Waals surface area contributed by atoms with Gasteiger partial charge in [-0.25, -0.2) is 0 Å². The predicted octanol–water partition coefficient (Wildman–Crippen LogP) is 5.38. The van der Waals surface area contributed by atoms with Gasteiger partial charge in [0.25, 0.3) is 0 Å². The van der Waals surface area contributed by atoms with Gasteiger partial charge >= 0.3 is 0 Å². The van der Waals surface area contributed by atoms with E-state index in [-0.39, 0.29) is 12.1 Å². The van der Waals surface area contributed by atoms with Crippen molar-refractivity contribution in [1.29, 1.82) is 0 Å². The smallest absolute Gasteiger partial charge is 0.170 e. The van der Waals surface area contributed by atoms with Crippen molar-refractivity contribution in [2.24, 2.45) is 0 Å². The van der Waals surface area contributed by atoms with Gasteiger partial charge in [-0.2, -0.15) is 0 Å². The van der Waals surface area contributed by atoms with Crippen molar-refractivity contribution in [1.82, 2.24) is 19.8 Å². The third-order valence-corrected chi connectivity index (χ3v) is 6.99. The molecule has 6 heteroatoms. The number of aromatic nitrogens is 2. The van der Waals surface area contributed by atoms with E-state index in [0.717, 1.165) is 16.6 Å². The Morgan fingerprint density at radius 2 is 2.00 bits per heavy atom. The molecule has 156 valence electrons. The highest BCUT2D eigenvalue weighted by Gasteiger charge is 2.42. The highest BCUT2D eigenvalue weighted by atomic mass is 32.1. The number of hydrogen-bond donors (Lipinski definition) is 1. The summed E-state index contributed by atoms with van der Waals surface area (Å²) in [6.45, 7) is 5.14. The largest absolute Gasteiger partial charge is 0.467 e. The number of thiocarbonyl (C=S) groups is 1. The summed E-state index contributed by atoms with van der Waals surface area (Å²) in [5, 5.41) is 4.30. The average molecular weight is 421 g/mol. The van der Waals surface area contributed by atoms with Gasteiger partial charge in [-0.3, -0.25) is 4.98 Å². The minimum absolute atomic E-state index is 0.00573. The highest BCUT2D eigenvalue weighted by molar-refractivity contribution is 7.80. The first-order valence-electron chi connectivity index (χ1n) is 10.8. The van der Waals surface area contributed by atoms with Crippen LogP contribution in [0.1, 0.15) is 72.2 Å². The van der Waals surface area contributed by atoms with Crippen LogP contribution in [0.4, 0.5) is 0 Å². The molecule has 3 aromatic rings. The van der Waals surface area contributed by atoms with Crippen LogP contribution in [-0.2, 0) is 6.54 Å². The molecule has 2 atom stereocenters. The lowest BCUT2D eigenvalue weighted by molar-refractivity contribution is 0.286. The monoisotopic (exact) mass is 420 g/mol. The van der Waals surface area contributed by atoms with Crippen LogP contribution >= 0.6 is 12.2 Å². The van der Waals surface area contributed by atoms with Crippen LogP contribution in [0.3, 0.4) is 0 Å². The standard InChI is InChI=1S/C24H28N4OS/c1-16-14-20(17(2)28(16)18-8-3-4-9-18)23-22(21-11-5-6-12-25-21)26-24(30)27(23)15-19-10-7-13-29-19/h5-7,10-14,18,22-23H,3-4,8-9,15H2,1-2H3,(H,26,30)/t22-,23-/m1/s1. The van der Waals surface area contributed by atoms with E-state index in [9.17, 15) is 0 Å². The van der Waals surface area contributed by atoms with E-state index in [1.165, 1.54) is 42.6 Å². The van der Waals surface area contributed by atoms with Crippen LogP contribution < -0.4 is 5.32 Å². The molecule has 0 spiro atoms. The highest BCUT2D eigenvalue weighted by Crippen LogP contribution is 2.43. The third kappa shape index (κ3) is 3.33. The molecule has 1 saturated heterocycles. The zero-order valence-corrected chi connectivity index (χ0v) is 18.4. The van der Waals surface area contributed by atoms with Crippen molar-refractivity contribution < 1.29 is 4.42 Å². The van der Waals surface area contributed by atoms with E-state index in [1.54, 1.807) is 6.26 Å². The van der Waals surface area contributed by atoms with Gasteiger partial charge in [0.1, 0.15) is 5.76 Å². The van der Waals surface area contributed by atoms with Crippen LogP contribution in [0.25, 0.3) is 0 Å². The first-order chi connectivity index (χ1) is 14.6. The molecule has 0 radical (unpaired) electrons. The van der Waals surface area contributed by atoms with E-state index >= 15 is 0 Å². The number of nitrogens with zero attached hydrogens (tertiary/aromatic N) is 3. The van der Waals surface area contributed by atoms with Crippen molar-refractivity contribution in [2.75, 3.05) is 0 Å². The quantitative estimate of drug-likeness (QED) is 0.562. The minimum Gasteiger partial charge on any atom is -0.467 e. The van der Waals surface area contributed by atoms with Crippen LogP contribution in [-0.4, -0.2) is 19.6 Å². The molecular formula is C24H28N4OS. The predicted molar refractivity (Wildman–Crippen MR) is 121 cm³/mol. The topological polar surface area (TPSA) is 46.2 Å². The molecule has 3 aromatic heterocycles. The summed E-state index contributed by atoms with van der Waals surface area (Å²) in [6.07, 6.45) is 8.78. The van der Waals surface area contributed by atoms with Crippen molar-refractivity contribution in [2.45, 2.75) is 64.2 Å². The van der Waals surface area contributed by atoms with Gasteiger partial charge in [-0.05, 0) is 74.8 Å². The van der Waals surface area contributed by atoms with E-state index in [4.69, 9.17) is 16.6 Å². The first kappa shape index (κ1) is 19.4. The molecule has 30 heavy (non-hydrogen) atoms. The van der Waals surface area contributed by atoms with Crippen molar-refractivity contribution in [3.8, 4) is 0 Å². The van der Waals surface area contributed by atoms with E-state index in [0.29, 0.717) is 12.6 Å². The number of furan rings is 1. The van der Waals surface area contributed by atoms with Gasteiger partial charge in [0.15, 0.2) is 5.11 Å². The molecule has 1 aliphatic heterocycles. The normalized spacial score (nSPS) is 22.1. The maximum Gasteiger partial charge on any atom is 0.170 e. The minimum atomic E-state index is 0.00573. The van der Waals surface area contributed by atoms with Gasteiger partial charge in [-0.15, -0.1) is 0 Å². The van der Waals surface area contributed by atoms with Crippen LogP contribution in [0.5, 0.6) is 0 Å². The molecule has 2 fully saturated rings. The molecule has 0 unspecified atom stereocenters. The Bertz CT molecular complexity index is 1020. The lowest BCUT2D eigenvalue weighted by Gasteiger charge is -2.28. The Morgan fingerprint density at radius 1 is 1.17 bits per heavy atom. The molecule has 0 aromatic carbocycles. The lowest BCUT2D eigenvalue weighted by atomic mass is 9.96.